The Morgan fingerprint density at radius 3 is 1.63 bits per heavy atom. The number of hydrogen-bond donors (Lipinski definition) is 9. The smallest absolute Gasteiger partial charge is 0.394 e. The average molecular weight is 422 g/mol. The molecule has 2 fully saturated rings. The maximum absolute atomic E-state index is 10.8. The van der Waals surface area contributed by atoms with E-state index in [2.05, 4.69) is 4.52 Å². The van der Waals surface area contributed by atoms with Crippen molar-refractivity contribution in [2.45, 2.75) is 61.4 Å². The zero-order valence-corrected chi connectivity index (χ0v) is 14.6. The van der Waals surface area contributed by atoms with Crippen LogP contribution in [0, 0.1) is 0 Å². The van der Waals surface area contributed by atoms with E-state index in [0.29, 0.717) is 0 Å². The number of ether oxygens (including phenoxy) is 3. The Morgan fingerprint density at radius 2 is 1.19 bits per heavy atom. The van der Waals surface area contributed by atoms with Gasteiger partial charge in [-0.1, -0.05) is 0 Å². The molecular weight excluding hydrogens is 399 g/mol. The summed E-state index contributed by atoms with van der Waals surface area (Å²) in [5.41, 5.74) is 0. The minimum atomic E-state index is -4.92. The predicted octanol–water partition coefficient (Wildman–Crippen LogP) is -5.28. The second-order valence-electron chi connectivity index (χ2n) is 6.13. The molecule has 10 atom stereocenters. The van der Waals surface area contributed by atoms with Gasteiger partial charge in [-0.3, -0.25) is 4.52 Å². The summed E-state index contributed by atoms with van der Waals surface area (Å²) in [5.74, 6) is 0. The van der Waals surface area contributed by atoms with Crippen LogP contribution >= 0.6 is 7.82 Å². The van der Waals surface area contributed by atoms with Crippen LogP contribution in [0.1, 0.15) is 0 Å². The molecule has 27 heavy (non-hydrogen) atoms. The number of aliphatic hydroxyl groups excluding tert-OH is 7. The van der Waals surface area contributed by atoms with Gasteiger partial charge in [-0.05, 0) is 0 Å². The lowest BCUT2D eigenvalue weighted by Crippen LogP contribution is -2.63. The van der Waals surface area contributed by atoms with Crippen molar-refractivity contribution in [3.63, 3.8) is 0 Å². The molecule has 0 aromatic rings. The highest BCUT2D eigenvalue weighted by Crippen LogP contribution is 2.37. The highest BCUT2D eigenvalue weighted by molar-refractivity contribution is 7.46. The molecule has 2 heterocycles. The summed E-state index contributed by atoms with van der Waals surface area (Å²) < 4.78 is 30.3. The minimum absolute atomic E-state index is 0.737. The molecular formula is C12H23O14P. The molecule has 0 bridgehead atoms. The zero-order chi connectivity index (χ0) is 20.5. The highest BCUT2D eigenvalue weighted by atomic mass is 31.2. The third kappa shape index (κ3) is 5.41. The molecule has 15 heteroatoms. The van der Waals surface area contributed by atoms with E-state index in [1.165, 1.54) is 0 Å². The Kier molecular flexibility index (Phi) is 7.68. The summed E-state index contributed by atoms with van der Waals surface area (Å²) in [6.45, 7) is -1.61. The van der Waals surface area contributed by atoms with Crippen LogP contribution in [0.15, 0.2) is 0 Å². The Labute approximate surface area is 152 Å². The van der Waals surface area contributed by atoms with Crippen LogP contribution in [0.3, 0.4) is 0 Å². The fourth-order valence-corrected chi connectivity index (χ4v) is 2.99. The van der Waals surface area contributed by atoms with E-state index in [-0.39, 0.29) is 0 Å². The Bertz CT molecular complexity index is 526. The maximum atomic E-state index is 10.8. The van der Waals surface area contributed by atoms with Gasteiger partial charge < -0.3 is 59.7 Å². The fraction of sp³-hybridized carbons (Fsp3) is 1.00. The Balaban J connectivity index is 2.08. The normalized spacial score (nSPS) is 46.4. The molecule has 9 N–H and O–H groups in total. The van der Waals surface area contributed by atoms with Crippen molar-refractivity contribution in [2.75, 3.05) is 13.2 Å². The third-order valence-corrected chi connectivity index (χ3v) is 4.68. The lowest BCUT2D eigenvalue weighted by molar-refractivity contribution is -0.376. The van der Waals surface area contributed by atoms with Crippen molar-refractivity contribution in [2.24, 2.45) is 0 Å². The topological polar surface area (TPSA) is 236 Å². The van der Waals surface area contributed by atoms with Crippen molar-refractivity contribution in [3.05, 3.63) is 0 Å². The van der Waals surface area contributed by atoms with Gasteiger partial charge in [-0.25, -0.2) is 4.57 Å². The van der Waals surface area contributed by atoms with Gasteiger partial charge in [0.1, 0.15) is 48.8 Å². The van der Waals surface area contributed by atoms with E-state index in [9.17, 15) is 35.2 Å². The fourth-order valence-electron chi connectivity index (χ4n) is 2.65. The summed E-state index contributed by atoms with van der Waals surface area (Å²) in [4.78, 5) is 17.4. The molecule has 2 rings (SSSR count). The zero-order valence-electron chi connectivity index (χ0n) is 13.7. The van der Waals surface area contributed by atoms with Gasteiger partial charge in [0.25, 0.3) is 0 Å². The molecule has 0 unspecified atom stereocenters. The summed E-state index contributed by atoms with van der Waals surface area (Å²) in [5, 5.41) is 68.1. The van der Waals surface area contributed by atoms with Gasteiger partial charge in [0, 0.05) is 0 Å². The van der Waals surface area contributed by atoms with Crippen molar-refractivity contribution in [1.82, 2.24) is 0 Å². The molecule has 2 aliphatic heterocycles. The second kappa shape index (κ2) is 9.02. The monoisotopic (exact) mass is 422 g/mol. The van der Waals surface area contributed by atoms with E-state index >= 15 is 0 Å². The number of phosphoric ester groups is 1. The molecule has 0 aromatic carbocycles. The van der Waals surface area contributed by atoms with Crippen molar-refractivity contribution < 1.29 is 68.8 Å². The first-order valence-corrected chi connectivity index (χ1v) is 9.35. The summed E-state index contributed by atoms with van der Waals surface area (Å²) in [6.07, 6.45) is -17.1. The van der Waals surface area contributed by atoms with Crippen LogP contribution in [0.2, 0.25) is 0 Å². The molecule has 0 amide bonds. The number of rotatable bonds is 6. The van der Waals surface area contributed by atoms with E-state index in [0.717, 1.165) is 0 Å². The van der Waals surface area contributed by atoms with E-state index in [4.69, 9.17) is 29.1 Å². The lowest BCUT2D eigenvalue weighted by Gasteiger charge is -2.44. The lowest BCUT2D eigenvalue weighted by atomic mass is 9.98. The standard InChI is InChI=1S/C12H23O14P/c13-1-3-5(14)7(16)9(18)11(24-3)26-12-10(19)8(17)6(15)4(25-12)2-23-27(20,21)22/h3-19H,1-2H2,(H2,20,21,22)/t3-,4-,5-,6-,7+,8+,9-,10-,11-,12+/m1/s1. The average Bonchev–Trinajstić information content (AvgIpc) is 2.60. The van der Waals surface area contributed by atoms with Crippen LogP contribution < -0.4 is 0 Å². The van der Waals surface area contributed by atoms with Crippen LogP contribution in [0.25, 0.3) is 0 Å². The molecule has 2 saturated heterocycles. The van der Waals surface area contributed by atoms with Gasteiger partial charge >= 0.3 is 7.82 Å². The molecule has 0 saturated carbocycles. The predicted molar refractivity (Wildman–Crippen MR) is 79.5 cm³/mol. The summed E-state index contributed by atoms with van der Waals surface area (Å²) in [6, 6.07) is 0. The van der Waals surface area contributed by atoms with Gasteiger partial charge in [-0.2, -0.15) is 0 Å². The van der Waals surface area contributed by atoms with Crippen LogP contribution in [-0.4, -0.2) is 120 Å². The molecule has 0 radical (unpaired) electrons. The summed E-state index contributed by atoms with van der Waals surface area (Å²) >= 11 is 0. The van der Waals surface area contributed by atoms with E-state index in [1.54, 1.807) is 0 Å². The summed E-state index contributed by atoms with van der Waals surface area (Å²) in [7, 11) is -4.92. The van der Waals surface area contributed by atoms with Crippen molar-refractivity contribution in [3.8, 4) is 0 Å². The first-order chi connectivity index (χ1) is 12.5. The van der Waals surface area contributed by atoms with Gasteiger partial charge in [0.15, 0.2) is 12.6 Å². The molecule has 160 valence electrons. The van der Waals surface area contributed by atoms with Gasteiger partial charge in [0.05, 0.1) is 13.2 Å². The first-order valence-electron chi connectivity index (χ1n) is 7.82. The number of aliphatic hydroxyl groups is 7. The van der Waals surface area contributed by atoms with Crippen molar-refractivity contribution in [1.29, 1.82) is 0 Å². The van der Waals surface area contributed by atoms with Crippen LogP contribution in [0.5, 0.6) is 0 Å². The van der Waals surface area contributed by atoms with E-state index in [1.807, 2.05) is 0 Å². The molecule has 14 nitrogen and oxygen atoms in total. The largest absolute Gasteiger partial charge is 0.469 e. The SMILES string of the molecule is O=P(O)(O)OC[C@H]1O[C@@H](O[C@H]2O[C@H](CO)[C@@H](O)[C@H](O)[C@H]2O)[C@H](O)[C@@H](O)[C@@H]1O. The first kappa shape index (κ1) is 23.0. The van der Waals surface area contributed by atoms with Crippen molar-refractivity contribution >= 4 is 7.82 Å². The van der Waals surface area contributed by atoms with Gasteiger partial charge in [-0.15, -0.1) is 0 Å². The molecule has 0 spiro atoms. The maximum Gasteiger partial charge on any atom is 0.469 e. The highest BCUT2D eigenvalue weighted by Gasteiger charge is 2.49. The second-order valence-corrected chi connectivity index (χ2v) is 7.37. The molecule has 0 aromatic heterocycles. The Morgan fingerprint density at radius 1 is 0.741 bits per heavy atom. The van der Waals surface area contributed by atoms with Crippen LogP contribution in [0.4, 0.5) is 0 Å². The number of hydrogen-bond acceptors (Lipinski definition) is 12. The third-order valence-electron chi connectivity index (χ3n) is 4.19. The molecule has 0 aliphatic carbocycles. The molecule has 2 aliphatic rings. The van der Waals surface area contributed by atoms with Gasteiger partial charge in [0.2, 0.25) is 0 Å². The Hall–Kier alpha value is -0.290. The number of phosphoric acid groups is 1. The quantitative estimate of drug-likeness (QED) is 0.182. The minimum Gasteiger partial charge on any atom is -0.394 e. The van der Waals surface area contributed by atoms with E-state index < -0.39 is 82.4 Å². The van der Waals surface area contributed by atoms with Crippen LogP contribution in [-0.2, 0) is 23.3 Å².